The minimum absolute atomic E-state index is 0.0561. The normalized spacial score (nSPS) is 10.4. The van der Waals surface area contributed by atoms with E-state index >= 15 is 0 Å². The Labute approximate surface area is 110 Å². The molecule has 0 bridgehead atoms. The van der Waals surface area contributed by atoms with Crippen molar-refractivity contribution in [3.05, 3.63) is 58.4 Å². The Morgan fingerprint density at radius 1 is 1.22 bits per heavy atom. The minimum Gasteiger partial charge on any atom is -0.486 e. The van der Waals surface area contributed by atoms with Crippen LogP contribution in [0.25, 0.3) is 0 Å². The number of halogens is 2. The Balaban J connectivity index is 2.22. The molecular weight excluding hydrogens is 253 g/mol. The first-order valence-electron chi connectivity index (χ1n) is 5.50. The summed E-state index contributed by atoms with van der Waals surface area (Å²) in [6, 6.07) is 10.0. The molecule has 0 amide bonds. The second-order valence-electron chi connectivity index (χ2n) is 3.98. The summed E-state index contributed by atoms with van der Waals surface area (Å²) in [7, 11) is 0. The highest BCUT2D eigenvalue weighted by Gasteiger charge is 2.10. The zero-order chi connectivity index (χ0) is 13.1. The number of nitrogen functional groups attached to an aromatic ring is 1. The van der Waals surface area contributed by atoms with Gasteiger partial charge in [0.25, 0.3) is 0 Å². The van der Waals surface area contributed by atoms with Gasteiger partial charge >= 0.3 is 0 Å². The summed E-state index contributed by atoms with van der Waals surface area (Å²) in [6.45, 7) is 1.94. The van der Waals surface area contributed by atoms with Crippen LogP contribution in [-0.4, -0.2) is 0 Å². The van der Waals surface area contributed by atoms with Crippen LogP contribution < -0.4 is 10.5 Å². The molecule has 0 atom stereocenters. The van der Waals surface area contributed by atoms with E-state index in [1.807, 2.05) is 19.1 Å². The molecular formula is C14H13ClFNO. The summed E-state index contributed by atoms with van der Waals surface area (Å²) in [5, 5.41) is 0.349. The lowest BCUT2D eigenvalue weighted by atomic mass is 10.2. The maximum Gasteiger partial charge on any atom is 0.145 e. The van der Waals surface area contributed by atoms with Gasteiger partial charge in [-0.2, -0.15) is 0 Å². The zero-order valence-corrected chi connectivity index (χ0v) is 10.7. The van der Waals surface area contributed by atoms with Crippen LogP contribution in [0.1, 0.15) is 11.1 Å². The average Bonchev–Trinajstić information content (AvgIpc) is 2.31. The zero-order valence-electron chi connectivity index (χ0n) is 9.91. The number of nitrogens with two attached hydrogens (primary N) is 1. The monoisotopic (exact) mass is 265 g/mol. The van der Waals surface area contributed by atoms with Crippen LogP contribution in [-0.2, 0) is 6.61 Å². The highest BCUT2D eigenvalue weighted by molar-refractivity contribution is 6.31. The number of rotatable bonds is 3. The molecule has 0 saturated heterocycles. The maximum absolute atomic E-state index is 13.6. The Hall–Kier alpha value is -1.74. The molecule has 2 rings (SSSR count). The molecule has 2 aromatic carbocycles. The Morgan fingerprint density at radius 3 is 2.61 bits per heavy atom. The third-order valence-corrected chi connectivity index (χ3v) is 3.02. The lowest BCUT2D eigenvalue weighted by Gasteiger charge is -2.12. The maximum atomic E-state index is 13.6. The first kappa shape index (κ1) is 12.7. The van der Waals surface area contributed by atoms with Crippen LogP contribution >= 0.6 is 11.6 Å². The molecule has 2 N–H and O–H groups in total. The molecule has 2 nitrogen and oxygen atoms in total. The van der Waals surface area contributed by atoms with E-state index in [4.69, 9.17) is 22.1 Å². The molecule has 0 aliphatic heterocycles. The lowest BCUT2D eigenvalue weighted by Crippen LogP contribution is -2.03. The number of hydrogen-bond acceptors (Lipinski definition) is 2. The first-order valence-corrected chi connectivity index (χ1v) is 5.88. The third kappa shape index (κ3) is 2.57. The van der Waals surface area contributed by atoms with Crippen LogP contribution in [0.3, 0.4) is 0 Å². The fourth-order valence-electron chi connectivity index (χ4n) is 1.69. The van der Waals surface area contributed by atoms with Crippen molar-refractivity contribution in [3.8, 4) is 5.75 Å². The van der Waals surface area contributed by atoms with Crippen molar-refractivity contribution < 1.29 is 9.13 Å². The van der Waals surface area contributed by atoms with Crippen molar-refractivity contribution in [2.45, 2.75) is 13.5 Å². The fourth-order valence-corrected chi connectivity index (χ4v) is 1.90. The van der Waals surface area contributed by atoms with Crippen LogP contribution in [0.5, 0.6) is 5.75 Å². The van der Waals surface area contributed by atoms with Gasteiger partial charge in [-0.3, -0.25) is 0 Å². The molecule has 0 heterocycles. The Bertz CT molecular complexity index is 480. The van der Waals surface area contributed by atoms with E-state index in [2.05, 4.69) is 0 Å². The predicted octanol–water partition coefficient (Wildman–Crippen LogP) is 3.95. The standard InChI is InChI=1S/C14H13ClFNO/c1-9-4-2-7-13(17)14(9)18-8-10-11(15)5-3-6-12(10)16/h2-7H,8,17H2,1H3. The molecule has 0 aliphatic rings. The van der Waals surface area contributed by atoms with Gasteiger partial charge in [-0.05, 0) is 30.7 Å². The van der Waals surface area contributed by atoms with Crippen molar-refractivity contribution >= 4 is 17.3 Å². The van der Waals surface area contributed by atoms with Crippen molar-refractivity contribution in [1.29, 1.82) is 0 Å². The van der Waals surface area contributed by atoms with Crippen molar-refractivity contribution in [1.82, 2.24) is 0 Å². The summed E-state index contributed by atoms with van der Waals surface area (Å²) in [4.78, 5) is 0. The van der Waals surface area contributed by atoms with E-state index in [9.17, 15) is 4.39 Å². The highest BCUT2D eigenvalue weighted by Crippen LogP contribution is 2.28. The first-order chi connectivity index (χ1) is 8.59. The summed E-state index contributed by atoms with van der Waals surface area (Å²) in [6.07, 6.45) is 0. The van der Waals surface area contributed by atoms with Gasteiger partial charge in [-0.25, -0.2) is 4.39 Å². The smallest absolute Gasteiger partial charge is 0.145 e. The fraction of sp³-hybridized carbons (Fsp3) is 0.143. The number of aryl methyl sites for hydroxylation is 1. The van der Waals surface area contributed by atoms with Crippen molar-refractivity contribution in [2.24, 2.45) is 0 Å². The van der Waals surface area contributed by atoms with E-state index < -0.39 is 0 Å². The van der Waals surface area contributed by atoms with E-state index in [0.717, 1.165) is 5.56 Å². The van der Waals surface area contributed by atoms with Gasteiger partial charge in [0.15, 0.2) is 0 Å². The largest absolute Gasteiger partial charge is 0.486 e. The van der Waals surface area contributed by atoms with Gasteiger partial charge in [-0.1, -0.05) is 29.8 Å². The van der Waals surface area contributed by atoms with E-state index in [1.165, 1.54) is 6.07 Å². The molecule has 18 heavy (non-hydrogen) atoms. The quantitative estimate of drug-likeness (QED) is 0.853. The molecule has 0 radical (unpaired) electrons. The SMILES string of the molecule is Cc1cccc(N)c1OCc1c(F)cccc1Cl. The highest BCUT2D eigenvalue weighted by atomic mass is 35.5. The van der Waals surface area contributed by atoms with Crippen LogP contribution in [0, 0.1) is 12.7 Å². The molecule has 94 valence electrons. The van der Waals surface area contributed by atoms with Gasteiger partial charge < -0.3 is 10.5 Å². The lowest BCUT2D eigenvalue weighted by molar-refractivity contribution is 0.299. The Kier molecular flexibility index (Phi) is 3.72. The Morgan fingerprint density at radius 2 is 1.94 bits per heavy atom. The van der Waals surface area contributed by atoms with Gasteiger partial charge in [0, 0.05) is 5.56 Å². The average molecular weight is 266 g/mol. The predicted molar refractivity (Wildman–Crippen MR) is 71.3 cm³/mol. The minimum atomic E-state index is -0.380. The molecule has 0 unspecified atom stereocenters. The van der Waals surface area contributed by atoms with E-state index in [1.54, 1.807) is 18.2 Å². The van der Waals surface area contributed by atoms with Gasteiger partial charge in [0.05, 0.1) is 10.7 Å². The summed E-state index contributed by atoms with van der Waals surface area (Å²) in [5.41, 5.74) is 7.58. The van der Waals surface area contributed by atoms with E-state index in [-0.39, 0.29) is 12.4 Å². The van der Waals surface area contributed by atoms with Crippen LogP contribution in [0.2, 0.25) is 5.02 Å². The number of anilines is 1. The second kappa shape index (κ2) is 5.27. The van der Waals surface area contributed by atoms with Gasteiger partial charge in [0.1, 0.15) is 18.2 Å². The van der Waals surface area contributed by atoms with E-state index in [0.29, 0.717) is 22.0 Å². The summed E-state index contributed by atoms with van der Waals surface area (Å²) >= 11 is 5.92. The van der Waals surface area contributed by atoms with Gasteiger partial charge in [0.2, 0.25) is 0 Å². The molecule has 0 spiro atoms. The number of hydrogen-bond donors (Lipinski definition) is 1. The molecule has 4 heteroatoms. The molecule has 0 aliphatic carbocycles. The van der Waals surface area contributed by atoms with Crippen LogP contribution in [0.4, 0.5) is 10.1 Å². The molecule has 0 fully saturated rings. The summed E-state index contributed by atoms with van der Waals surface area (Å²) in [5.74, 6) is 0.187. The molecule has 2 aromatic rings. The van der Waals surface area contributed by atoms with Crippen LogP contribution in [0.15, 0.2) is 36.4 Å². The van der Waals surface area contributed by atoms with Gasteiger partial charge in [-0.15, -0.1) is 0 Å². The number of para-hydroxylation sites is 1. The van der Waals surface area contributed by atoms with Crippen molar-refractivity contribution in [3.63, 3.8) is 0 Å². The number of ether oxygens (including phenoxy) is 1. The second-order valence-corrected chi connectivity index (χ2v) is 4.39. The van der Waals surface area contributed by atoms with Crippen molar-refractivity contribution in [2.75, 3.05) is 5.73 Å². The molecule has 0 saturated carbocycles. The molecule has 0 aromatic heterocycles. The third-order valence-electron chi connectivity index (χ3n) is 2.66. The summed E-state index contributed by atoms with van der Waals surface area (Å²) < 4.78 is 19.1. The topological polar surface area (TPSA) is 35.2 Å². The number of benzene rings is 2.